The fourth-order valence-electron chi connectivity index (χ4n) is 1.40. The van der Waals surface area contributed by atoms with Crippen molar-refractivity contribution < 1.29 is 14.7 Å². The molecule has 2 unspecified atom stereocenters. The lowest BCUT2D eigenvalue weighted by atomic mass is 10.2. The number of hydrogen-bond donors (Lipinski definition) is 2. The molecule has 4 nitrogen and oxygen atoms in total. The Morgan fingerprint density at radius 3 is 2.50 bits per heavy atom. The van der Waals surface area contributed by atoms with E-state index >= 15 is 0 Å². The molecule has 1 amide bonds. The molecule has 0 saturated carbocycles. The van der Waals surface area contributed by atoms with Gasteiger partial charge in [0.1, 0.15) is 6.04 Å². The average Bonchev–Trinajstić information content (AvgIpc) is 2.31. The van der Waals surface area contributed by atoms with Gasteiger partial charge in [0.05, 0.1) is 0 Å². The molecule has 1 saturated heterocycles. The largest absolute Gasteiger partial charge is 0.480 e. The molecule has 1 fully saturated rings. The highest BCUT2D eigenvalue weighted by molar-refractivity contribution is 7.81. The fraction of sp³-hybridized carbons (Fsp3) is 0.714. The Hall–Kier alpha value is -0.710. The molecule has 1 heterocycles. The molecule has 0 aromatic heterocycles. The van der Waals surface area contributed by atoms with Gasteiger partial charge in [-0.05, 0) is 6.42 Å². The standard InChI is InChI=1S/C7H11NO3S/c1-4(9)8-3-5(12)2-6(8)7(10)11/h5-6,12H,2-3H2,1H3,(H,10,11). The summed E-state index contributed by atoms with van der Waals surface area (Å²) < 4.78 is 0. The zero-order valence-electron chi connectivity index (χ0n) is 6.73. The van der Waals surface area contributed by atoms with Crippen LogP contribution < -0.4 is 0 Å². The molecule has 0 aromatic rings. The normalized spacial score (nSPS) is 29.0. The number of aliphatic carboxylic acids is 1. The van der Waals surface area contributed by atoms with E-state index in [1.54, 1.807) is 0 Å². The maximum absolute atomic E-state index is 10.9. The lowest BCUT2D eigenvalue weighted by Gasteiger charge is -2.18. The summed E-state index contributed by atoms with van der Waals surface area (Å²) in [6.07, 6.45) is 0.442. The molecule has 68 valence electrons. The van der Waals surface area contributed by atoms with Crippen LogP contribution in [0.5, 0.6) is 0 Å². The highest BCUT2D eigenvalue weighted by Crippen LogP contribution is 2.21. The predicted molar refractivity (Wildman–Crippen MR) is 46.2 cm³/mol. The zero-order valence-corrected chi connectivity index (χ0v) is 7.62. The third-order valence-corrected chi connectivity index (χ3v) is 2.34. The number of carboxylic acids is 1. The Labute approximate surface area is 76.0 Å². The van der Waals surface area contributed by atoms with Gasteiger partial charge >= 0.3 is 5.97 Å². The van der Waals surface area contributed by atoms with Crippen LogP contribution in [0.4, 0.5) is 0 Å². The number of likely N-dealkylation sites (tertiary alicyclic amines) is 1. The van der Waals surface area contributed by atoms with Crippen LogP contribution in [0, 0.1) is 0 Å². The summed E-state index contributed by atoms with van der Waals surface area (Å²) in [4.78, 5) is 22.9. The van der Waals surface area contributed by atoms with Gasteiger partial charge in [-0.1, -0.05) is 0 Å². The van der Waals surface area contributed by atoms with Gasteiger partial charge in [0.15, 0.2) is 0 Å². The molecule has 0 spiro atoms. The summed E-state index contributed by atoms with van der Waals surface area (Å²) in [5.41, 5.74) is 0. The second-order valence-electron chi connectivity index (χ2n) is 2.91. The first kappa shape index (κ1) is 9.38. The van der Waals surface area contributed by atoms with E-state index in [0.717, 1.165) is 0 Å². The maximum atomic E-state index is 10.9. The molecule has 5 heteroatoms. The first-order valence-electron chi connectivity index (χ1n) is 3.70. The van der Waals surface area contributed by atoms with E-state index in [-0.39, 0.29) is 11.2 Å². The van der Waals surface area contributed by atoms with Gasteiger partial charge in [-0.15, -0.1) is 0 Å². The van der Waals surface area contributed by atoms with Crippen LogP contribution in [0.3, 0.4) is 0 Å². The Kier molecular flexibility index (Phi) is 2.62. The summed E-state index contributed by atoms with van der Waals surface area (Å²) in [7, 11) is 0. The second kappa shape index (κ2) is 3.35. The van der Waals surface area contributed by atoms with E-state index in [0.29, 0.717) is 13.0 Å². The van der Waals surface area contributed by atoms with Crippen molar-refractivity contribution in [3.8, 4) is 0 Å². The molecule has 12 heavy (non-hydrogen) atoms. The Balaban J connectivity index is 2.72. The average molecular weight is 189 g/mol. The van der Waals surface area contributed by atoms with Crippen LogP contribution >= 0.6 is 12.6 Å². The minimum atomic E-state index is -0.943. The first-order chi connectivity index (χ1) is 5.52. The first-order valence-corrected chi connectivity index (χ1v) is 4.22. The lowest BCUT2D eigenvalue weighted by molar-refractivity contribution is -0.147. The van der Waals surface area contributed by atoms with Gasteiger partial charge in [-0.3, -0.25) is 4.79 Å². The second-order valence-corrected chi connectivity index (χ2v) is 3.65. The Morgan fingerprint density at radius 2 is 2.17 bits per heavy atom. The van der Waals surface area contributed by atoms with Crippen molar-refractivity contribution in [2.75, 3.05) is 6.54 Å². The summed E-state index contributed by atoms with van der Waals surface area (Å²) in [5.74, 6) is -1.14. The van der Waals surface area contributed by atoms with E-state index in [2.05, 4.69) is 12.6 Å². The summed E-state index contributed by atoms with van der Waals surface area (Å²) in [5, 5.41) is 8.72. The monoisotopic (exact) mass is 189 g/mol. The minimum absolute atomic E-state index is 0.00463. The van der Waals surface area contributed by atoms with Crippen LogP contribution in [0.2, 0.25) is 0 Å². The number of carboxylic acid groups (broad SMARTS) is 1. The molecule has 0 aromatic carbocycles. The van der Waals surface area contributed by atoms with Gasteiger partial charge in [0.2, 0.25) is 5.91 Å². The van der Waals surface area contributed by atoms with Gasteiger partial charge in [-0.25, -0.2) is 4.79 Å². The molecule has 2 atom stereocenters. The number of amides is 1. The van der Waals surface area contributed by atoms with E-state index < -0.39 is 12.0 Å². The molecular formula is C7H11NO3S. The third kappa shape index (κ3) is 1.72. The number of rotatable bonds is 1. The van der Waals surface area contributed by atoms with E-state index in [4.69, 9.17) is 5.11 Å². The van der Waals surface area contributed by atoms with E-state index in [9.17, 15) is 9.59 Å². The van der Waals surface area contributed by atoms with Crippen molar-refractivity contribution in [1.29, 1.82) is 0 Å². The van der Waals surface area contributed by atoms with E-state index in [1.165, 1.54) is 11.8 Å². The molecule has 1 N–H and O–H groups in total. The van der Waals surface area contributed by atoms with Gasteiger partial charge < -0.3 is 10.0 Å². The van der Waals surface area contributed by atoms with Crippen molar-refractivity contribution in [3.63, 3.8) is 0 Å². The molecule has 1 rings (SSSR count). The predicted octanol–water partition coefficient (Wildman–Crippen LogP) is -0.00980. The summed E-state index contributed by atoms with van der Waals surface area (Å²) in [6, 6.07) is -0.676. The van der Waals surface area contributed by atoms with Crippen LogP contribution in [0.1, 0.15) is 13.3 Å². The number of carbonyl (C=O) groups excluding carboxylic acids is 1. The fourth-order valence-corrected chi connectivity index (χ4v) is 1.77. The van der Waals surface area contributed by atoms with Crippen LogP contribution in [-0.2, 0) is 9.59 Å². The van der Waals surface area contributed by atoms with Gasteiger partial charge in [0, 0.05) is 18.7 Å². The number of carbonyl (C=O) groups is 2. The molecular weight excluding hydrogens is 178 g/mol. The Morgan fingerprint density at radius 1 is 1.58 bits per heavy atom. The van der Waals surface area contributed by atoms with Crippen molar-refractivity contribution in [1.82, 2.24) is 4.90 Å². The number of hydrogen-bond acceptors (Lipinski definition) is 3. The smallest absolute Gasteiger partial charge is 0.326 e. The zero-order chi connectivity index (χ0) is 9.30. The van der Waals surface area contributed by atoms with E-state index in [1.807, 2.05) is 0 Å². The highest BCUT2D eigenvalue weighted by atomic mass is 32.1. The lowest BCUT2D eigenvalue weighted by Crippen LogP contribution is -2.39. The number of thiol groups is 1. The molecule has 0 aliphatic carbocycles. The van der Waals surface area contributed by atoms with Crippen molar-refractivity contribution in [2.24, 2.45) is 0 Å². The van der Waals surface area contributed by atoms with Crippen LogP contribution in [0.25, 0.3) is 0 Å². The Bertz CT molecular complexity index is 197. The third-order valence-electron chi connectivity index (χ3n) is 1.97. The van der Waals surface area contributed by atoms with Crippen molar-refractivity contribution in [2.45, 2.75) is 24.6 Å². The minimum Gasteiger partial charge on any atom is -0.480 e. The number of nitrogens with zero attached hydrogens (tertiary/aromatic N) is 1. The summed E-state index contributed by atoms with van der Waals surface area (Å²) >= 11 is 4.14. The SMILES string of the molecule is CC(=O)N1CC(S)CC1C(=O)O. The van der Waals surface area contributed by atoms with Gasteiger partial charge in [0.25, 0.3) is 0 Å². The molecule has 0 radical (unpaired) electrons. The van der Waals surface area contributed by atoms with Gasteiger partial charge in [-0.2, -0.15) is 12.6 Å². The van der Waals surface area contributed by atoms with Crippen LogP contribution in [0.15, 0.2) is 0 Å². The molecule has 1 aliphatic rings. The molecule has 1 aliphatic heterocycles. The van der Waals surface area contributed by atoms with Crippen molar-refractivity contribution >= 4 is 24.5 Å². The van der Waals surface area contributed by atoms with Crippen molar-refractivity contribution in [3.05, 3.63) is 0 Å². The topological polar surface area (TPSA) is 57.6 Å². The highest BCUT2D eigenvalue weighted by Gasteiger charge is 2.36. The summed E-state index contributed by atoms with van der Waals surface area (Å²) in [6.45, 7) is 1.82. The van der Waals surface area contributed by atoms with Crippen LogP contribution in [-0.4, -0.2) is 39.7 Å². The molecule has 0 bridgehead atoms. The quantitative estimate of drug-likeness (QED) is 0.570. The maximum Gasteiger partial charge on any atom is 0.326 e.